The molecule has 17 aromatic rings. The SMILES string of the molecule is [2H]c1cc(-n2c3c([2H])c([2H])c([2H])c([2H])c3c3c([2H])c([2H])c([2H])c([2H])c32)c([2H])c2c1B1c3c(cc(C(C)(C)C)cc3N2c2c(-c3ccccc3)cc(-c3ccccc3)cc2-c2ccccc2)N(c2c(-c3ccccc3)cc(-c3ccccc3)cc2-c2ccccc2)c2cc(-n3c4c([2H])c([2H])c([2H])c([2H])c4c4c([2H])c([2H])c([2H])c([2H])c43)c([2H])c([2H])c21. The highest BCUT2D eigenvalue weighted by atomic mass is 15.2. The molecule has 4 nitrogen and oxygen atoms in total. The Hall–Kier alpha value is -12.4. The van der Waals surface area contributed by atoms with Crippen molar-refractivity contribution in [3.8, 4) is 78.1 Å². The van der Waals surface area contributed by atoms with E-state index in [1.807, 2.05) is 187 Å². The van der Waals surface area contributed by atoms with Crippen LogP contribution >= 0.6 is 0 Å². The molecular formula is C94H67BN4. The van der Waals surface area contributed by atoms with Gasteiger partial charge in [-0.3, -0.25) is 0 Å². The number of fused-ring (bicyclic) bond motifs is 10. The summed E-state index contributed by atoms with van der Waals surface area (Å²) >= 11 is 0. The van der Waals surface area contributed by atoms with Crippen molar-refractivity contribution < 1.29 is 27.4 Å². The predicted molar refractivity (Wildman–Crippen MR) is 420 cm³/mol. The van der Waals surface area contributed by atoms with Gasteiger partial charge < -0.3 is 18.9 Å². The number of rotatable bonds is 10. The fourth-order valence-electron chi connectivity index (χ4n) is 14.8. The molecular weight excluding hydrogens is 1200 g/mol. The van der Waals surface area contributed by atoms with E-state index >= 15 is 0 Å². The summed E-state index contributed by atoms with van der Waals surface area (Å²) in [5.41, 5.74) is 9.77. The Morgan fingerprint density at radius 1 is 0.293 bits per heavy atom. The van der Waals surface area contributed by atoms with E-state index in [2.05, 4.69) is 62.1 Å². The lowest BCUT2D eigenvalue weighted by molar-refractivity contribution is 0.590. The van der Waals surface area contributed by atoms with Gasteiger partial charge in [-0.05, 0) is 157 Å². The number of benzene rings is 15. The quantitative estimate of drug-likeness (QED) is 0.127. The molecule has 0 aliphatic carbocycles. The van der Waals surface area contributed by atoms with Gasteiger partial charge in [0.2, 0.25) is 0 Å². The maximum atomic E-state index is 11.7. The van der Waals surface area contributed by atoms with E-state index in [0.29, 0.717) is 56.0 Å². The molecule has 15 aromatic carbocycles. The molecule has 0 saturated carbocycles. The van der Waals surface area contributed by atoms with E-state index in [-0.39, 0.29) is 83.3 Å². The van der Waals surface area contributed by atoms with Crippen molar-refractivity contribution in [2.75, 3.05) is 9.80 Å². The first kappa shape index (κ1) is 40.8. The third kappa shape index (κ3) is 9.44. The molecule has 0 radical (unpaired) electrons. The second-order valence-corrected chi connectivity index (χ2v) is 26.0. The van der Waals surface area contributed by atoms with Gasteiger partial charge in [0, 0.05) is 77.9 Å². The molecule has 2 aromatic heterocycles. The van der Waals surface area contributed by atoms with Crippen LogP contribution in [0, 0.1) is 0 Å². The third-order valence-electron chi connectivity index (χ3n) is 19.3. The van der Waals surface area contributed by atoms with Crippen LogP contribution < -0.4 is 26.2 Å². The summed E-state index contributed by atoms with van der Waals surface area (Å²) in [5.74, 6) is 0. The molecule has 0 N–H and O–H groups in total. The van der Waals surface area contributed by atoms with E-state index in [1.165, 1.54) is 15.2 Å². The molecule has 0 amide bonds. The maximum Gasteiger partial charge on any atom is 0.252 e. The van der Waals surface area contributed by atoms with Crippen molar-refractivity contribution in [1.82, 2.24) is 9.13 Å². The number of anilines is 6. The molecule has 0 bridgehead atoms. The summed E-state index contributed by atoms with van der Waals surface area (Å²) < 4.78 is 199. The largest absolute Gasteiger partial charge is 0.310 e. The first-order chi connectivity index (χ1) is 57.1. The monoisotopic (exact) mass is 1280 g/mol. The van der Waals surface area contributed by atoms with Gasteiger partial charge in [0.15, 0.2) is 0 Å². The van der Waals surface area contributed by atoms with Crippen LogP contribution in [0.5, 0.6) is 0 Å². The summed E-state index contributed by atoms with van der Waals surface area (Å²) in [6.45, 7) is 4.80. The first-order valence-corrected chi connectivity index (χ1v) is 32.9. The maximum absolute atomic E-state index is 11.7. The summed E-state index contributed by atoms with van der Waals surface area (Å²) in [7, 11) is 0. The molecule has 5 heteroatoms. The van der Waals surface area contributed by atoms with E-state index < -0.39 is 127 Å². The topological polar surface area (TPSA) is 16.3 Å². The third-order valence-corrected chi connectivity index (χ3v) is 19.3. The van der Waals surface area contributed by atoms with Crippen LogP contribution in [-0.2, 0) is 5.41 Å². The number of para-hydroxylation sites is 4. The van der Waals surface area contributed by atoms with E-state index in [1.54, 1.807) is 6.07 Å². The molecule has 0 atom stereocenters. The number of hydrogen-bond donors (Lipinski definition) is 0. The molecule has 466 valence electrons. The van der Waals surface area contributed by atoms with Crippen LogP contribution in [0.2, 0.25) is 0 Å². The zero-order valence-electron chi connectivity index (χ0n) is 73.8. The Labute approximate surface area is 606 Å². The molecule has 0 saturated heterocycles. The summed E-state index contributed by atoms with van der Waals surface area (Å²) in [4.78, 5) is 4.05. The Bertz CT molecular complexity index is 6830. The second kappa shape index (κ2) is 23.2. The lowest BCUT2D eigenvalue weighted by atomic mass is 9.33. The number of hydrogen-bond acceptors (Lipinski definition) is 2. The molecule has 2 aliphatic heterocycles. The van der Waals surface area contributed by atoms with Gasteiger partial charge in [0.05, 0.1) is 60.9 Å². The number of nitrogens with zero attached hydrogens (tertiary/aromatic N) is 4. The van der Waals surface area contributed by atoms with Gasteiger partial charge in [0.1, 0.15) is 0 Å². The van der Waals surface area contributed by atoms with Gasteiger partial charge in [0.25, 0.3) is 6.71 Å². The summed E-state index contributed by atoms with van der Waals surface area (Å²) in [5, 5.41) is -1.03. The van der Waals surface area contributed by atoms with Crippen LogP contribution in [0.25, 0.3) is 122 Å². The smallest absolute Gasteiger partial charge is 0.252 e. The normalized spacial score (nSPS) is 15.4. The van der Waals surface area contributed by atoms with Crippen molar-refractivity contribution in [3.05, 3.63) is 357 Å². The van der Waals surface area contributed by atoms with Gasteiger partial charge in [-0.15, -0.1) is 0 Å². The van der Waals surface area contributed by atoms with Crippen molar-refractivity contribution >= 4 is 101 Å². The fourth-order valence-corrected chi connectivity index (χ4v) is 14.8. The van der Waals surface area contributed by atoms with Crippen molar-refractivity contribution in [2.24, 2.45) is 0 Å². The van der Waals surface area contributed by atoms with Crippen LogP contribution in [0.1, 0.15) is 53.7 Å². The van der Waals surface area contributed by atoms with Gasteiger partial charge in [-0.25, -0.2) is 0 Å². The minimum atomic E-state index is -1.41. The lowest BCUT2D eigenvalue weighted by Gasteiger charge is -2.46. The van der Waals surface area contributed by atoms with E-state index in [9.17, 15) is 21.9 Å². The highest BCUT2D eigenvalue weighted by molar-refractivity contribution is 7.00. The van der Waals surface area contributed by atoms with Gasteiger partial charge in [-0.2, -0.15) is 0 Å². The molecule has 0 spiro atoms. The molecule has 0 unspecified atom stereocenters. The number of aromatic nitrogens is 2. The van der Waals surface area contributed by atoms with Crippen LogP contribution in [0.3, 0.4) is 0 Å². The highest BCUT2D eigenvalue weighted by Gasteiger charge is 2.46. The van der Waals surface area contributed by atoms with Gasteiger partial charge >= 0.3 is 0 Å². The zero-order valence-corrected chi connectivity index (χ0v) is 53.8. The van der Waals surface area contributed by atoms with E-state index in [0.717, 1.165) is 44.5 Å². The van der Waals surface area contributed by atoms with Crippen LogP contribution in [-0.4, -0.2) is 15.8 Å². The first-order valence-electron chi connectivity index (χ1n) is 42.9. The van der Waals surface area contributed by atoms with Crippen molar-refractivity contribution in [3.63, 3.8) is 0 Å². The minimum Gasteiger partial charge on any atom is -0.310 e. The molecule has 0 fully saturated rings. The summed E-state index contributed by atoms with van der Waals surface area (Å²) in [6, 6.07) is 62.2. The highest BCUT2D eigenvalue weighted by Crippen LogP contribution is 2.56. The van der Waals surface area contributed by atoms with Crippen LogP contribution in [0.4, 0.5) is 34.1 Å². The predicted octanol–water partition coefficient (Wildman–Crippen LogP) is 23.3. The molecule has 19 rings (SSSR count). The fraction of sp³-hybridized carbons (Fsp3) is 0.0426. The Morgan fingerprint density at radius 2 is 0.626 bits per heavy atom. The Morgan fingerprint density at radius 3 is 1.00 bits per heavy atom. The lowest BCUT2D eigenvalue weighted by Crippen LogP contribution is -2.61. The van der Waals surface area contributed by atoms with Gasteiger partial charge in [-0.1, -0.05) is 287 Å². The van der Waals surface area contributed by atoms with Crippen molar-refractivity contribution in [2.45, 2.75) is 26.2 Å². The molecule has 99 heavy (non-hydrogen) atoms. The zero-order chi connectivity index (χ0) is 83.3. The minimum absolute atomic E-state index is 0.00790. The average molecular weight is 1280 g/mol. The Kier molecular flexibility index (Phi) is 9.55. The van der Waals surface area contributed by atoms with E-state index in [4.69, 9.17) is 5.48 Å². The average Bonchev–Trinajstić information content (AvgIpc) is 1.16. The summed E-state index contributed by atoms with van der Waals surface area (Å²) in [6.07, 6.45) is 0. The van der Waals surface area contributed by atoms with Crippen molar-refractivity contribution in [1.29, 1.82) is 0 Å². The standard InChI is InChI=1S/C94H67BN4/c1-94(2,3)70-58-89-91-90(59-70)99(93-79(66-38-18-8-19-39-66)56-69(63-32-12-5-13-33-63)57-80(93)67-40-20-9-21-41-67)88-61-72(97-85-48-28-24-44-75(85)76-45-25-29-49-86(76)97)51-53-82(88)95(91)81-52-50-71(96-83-46-26-22-42-73(83)74-43-23-27-47-84(74)96)60-87(81)98(89)92-77(64-34-14-6-15-35-64)54-68(62-30-10-4-11-31-62)55-78(92)65-36-16-7-17-37-65/h4-61H,1-3H3/i22D,23D,24D,25D,26D,27D,28D,29D,42D,43D,44D,45D,46D,47D,48D,49D,50D,52D,53D,61D. The molecule has 2 aliphatic rings. The molecule has 4 heterocycles. The Balaban J connectivity index is 1.07. The van der Waals surface area contributed by atoms with Crippen LogP contribution in [0.15, 0.2) is 351 Å². The second-order valence-electron chi connectivity index (χ2n) is 26.0.